The van der Waals surface area contributed by atoms with Crippen molar-refractivity contribution in [2.75, 3.05) is 13.2 Å². The molecule has 4 nitrogen and oxygen atoms in total. The third kappa shape index (κ3) is 1.30. The summed E-state index contributed by atoms with van der Waals surface area (Å²) < 4.78 is 10.2. The molecule has 0 radical (unpaired) electrons. The van der Waals surface area contributed by atoms with E-state index < -0.39 is 0 Å². The van der Waals surface area contributed by atoms with Gasteiger partial charge < -0.3 is 14.8 Å². The lowest BCUT2D eigenvalue weighted by atomic mass is 10.1. The number of hydrogen-bond acceptors (Lipinski definition) is 3. The molecule has 0 aromatic rings. The summed E-state index contributed by atoms with van der Waals surface area (Å²) in [5.74, 6) is 0. The zero-order valence-electron chi connectivity index (χ0n) is 6.21. The van der Waals surface area contributed by atoms with Crippen molar-refractivity contribution in [2.45, 2.75) is 25.0 Å². The van der Waals surface area contributed by atoms with Crippen LogP contribution in [0.3, 0.4) is 0 Å². The second-order valence-corrected chi connectivity index (χ2v) is 2.91. The van der Waals surface area contributed by atoms with Crippen LogP contribution in [0.4, 0.5) is 4.79 Å². The van der Waals surface area contributed by atoms with Crippen molar-refractivity contribution in [3.8, 4) is 0 Å². The number of amides is 1. The molecule has 0 aromatic carbocycles. The molecular formula is C7H11NO3. The number of hydrogen-bond donors (Lipinski definition) is 1. The molecule has 11 heavy (non-hydrogen) atoms. The van der Waals surface area contributed by atoms with Crippen LogP contribution in [0.2, 0.25) is 0 Å². The molecular weight excluding hydrogens is 146 g/mol. The van der Waals surface area contributed by atoms with E-state index in [0.717, 1.165) is 19.4 Å². The minimum atomic E-state index is -0.300. The Morgan fingerprint density at radius 3 is 3.36 bits per heavy atom. The zero-order chi connectivity index (χ0) is 7.68. The first-order valence-corrected chi connectivity index (χ1v) is 3.91. The predicted octanol–water partition coefficient (Wildman–Crippen LogP) is 0.274. The summed E-state index contributed by atoms with van der Waals surface area (Å²) in [5, 5.41) is 2.75. The van der Waals surface area contributed by atoms with Crippen LogP contribution in [-0.4, -0.2) is 31.5 Å². The maximum Gasteiger partial charge on any atom is 0.407 e. The zero-order valence-corrected chi connectivity index (χ0v) is 6.21. The first-order chi connectivity index (χ1) is 5.36. The summed E-state index contributed by atoms with van der Waals surface area (Å²) in [6.07, 6.45) is 1.62. The van der Waals surface area contributed by atoms with E-state index in [0.29, 0.717) is 6.61 Å². The molecule has 1 N–H and O–H groups in total. The summed E-state index contributed by atoms with van der Waals surface area (Å²) in [6.45, 7) is 1.33. The van der Waals surface area contributed by atoms with Crippen LogP contribution in [-0.2, 0) is 9.47 Å². The molecule has 2 rings (SSSR count). The molecule has 4 heteroatoms. The average molecular weight is 157 g/mol. The molecule has 0 saturated carbocycles. The topological polar surface area (TPSA) is 47.6 Å². The van der Waals surface area contributed by atoms with Crippen LogP contribution in [0.5, 0.6) is 0 Å². The summed E-state index contributed by atoms with van der Waals surface area (Å²) in [6, 6.07) is 0.185. The maximum atomic E-state index is 10.7. The highest BCUT2D eigenvalue weighted by Crippen LogP contribution is 2.17. The van der Waals surface area contributed by atoms with Gasteiger partial charge in [0.25, 0.3) is 0 Å². The summed E-state index contributed by atoms with van der Waals surface area (Å²) >= 11 is 0. The fourth-order valence-corrected chi connectivity index (χ4v) is 1.51. The average Bonchev–Trinajstić information content (AvgIpc) is 2.17. The molecule has 2 saturated heterocycles. The number of carbonyl (C=O) groups is 1. The van der Waals surface area contributed by atoms with E-state index in [9.17, 15) is 4.79 Å². The molecule has 62 valence electrons. The maximum absolute atomic E-state index is 10.7. The summed E-state index contributed by atoms with van der Waals surface area (Å²) in [5.41, 5.74) is 0. The van der Waals surface area contributed by atoms with Crippen LogP contribution >= 0.6 is 0 Å². The second-order valence-electron chi connectivity index (χ2n) is 2.91. The number of rotatable bonds is 0. The van der Waals surface area contributed by atoms with E-state index in [1.807, 2.05) is 0 Å². The van der Waals surface area contributed by atoms with Crippen LogP contribution < -0.4 is 5.32 Å². The Hall–Kier alpha value is -0.770. The number of fused-ring (bicyclic) bond motifs is 1. The third-order valence-electron chi connectivity index (χ3n) is 2.10. The monoisotopic (exact) mass is 157 g/mol. The standard InChI is InChI=1S/C7H11NO3/c9-7-8-5-2-1-3-10-4-6(5)11-7/h5-6H,1-4H2,(H,8,9)/t5-,6-/m1/s1. The van der Waals surface area contributed by atoms with Gasteiger partial charge in [0.2, 0.25) is 0 Å². The quantitative estimate of drug-likeness (QED) is 0.549. The molecule has 2 heterocycles. The fraction of sp³-hybridized carbons (Fsp3) is 0.857. The van der Waals surface area contributed by atoms with E-state index in [1.54, 1.807) is 0 Å². The van der Waals surface area contributed by atoms with Crippen molar-refractivity contribution < 1.29 is 14.3 Å². The molecule has 2 atom stereocenters. The van der Waals surface area contributed by atoms with Crippen molar-refractivity contribution in [1.29, 1.82) is 0 Å². The van der Waals surface area contributed by atoms with E-state index in [4.69, 9.17) is 9.47 Å². The first-order valence-electron chi connectivity index (χ1n) is 3.91. The third-order valence-corrected chi connectivity index (χ3v) is 2.10. The Labute approximate surface area is 64.9 Å². The fourth-order valence-electron chi connectivity index (χ4n) is 1.51. The summed E-state index contributed by atoms with van der Waals surface area (Å²) in [4.78, 5) is 10.7. The minimum Gasteiger partial charge on any atom is -0.442 e. The molecule has 0 unspecified atom stereocenters. The van der Waals surface area contributed by atoms with Crippen LogP contribution in [0.15, 0.2) is 0 Å². The van der Waals surface area contributed by atoms with E-state index in [1.165, 1.54) is 0 Å². The highest BCUT2D eigenvalue weighted by Gasteiger charge is 2.34. The van der Waals surface area contributed by atoms with Crippen LogP contribution in [0.25, 0.3) is 0 Å². The Morgan fingerprint density at radius 1 is 1.55 bits per heavy atom. The smallest absolute Gasteiger partial charge is 0.407 e. The Balaban J connectivity index is 2.01. The Kier molecular flexibility index (Phi) is 1.69. The van der Waals surface area contributed by atoms with Gasteiger partial charge in [-0.1, -0.05) is 0 Å². The normalized spacial score (nSPS) is 36.9. The Morgan fingerprint density at radius 2 is 2.45 bits per heavy atom. The lowest BCUT2D eigenvalue weighted by Gasteiger charge is -2.10. The number of alkyl carbamates (subject to hydrolysis) is 1. The van der Waals surface area contributed by atoms with Crippen molar-refractivity contribution in [3.05, 3.63) is 0 Å². The molecule has 0 spiro atoms. The van der Waals surface area contributed by atoms with Gasteiger partial charge in [0, 0.05) is 6.61 Å². The summed E-state index contributed by atoms with van der Waals surface area (Å²) in [7, 11) is 0. The van der Waals surface area contributed by atoms with E-state index >= 15 is 0 Å². The van der Waals surface area contributed by atoms with E-state index in [-0.39, 0.29) is 18.2 Å². The van der Waals surface area contributed by atoms with Gasteiger partial charge in [0.05, 0.1) is 12.6 Å². The van der Waals surface area contributed by atoms with Gasteiger partial charge in [0.15, 0.2) is 0 Å². The molecule has 2 aliphatic heterocycles. The lowest BCUT2D eigenvalue weighted by Crippen LogP contribution is -2.32. The van der Waals surface area contributed by atoms with Crippen LogP contribution in [0, 0.1) is 0 Å². The molecule has 2 fully saturated rings. The van der Waals surface area contributed by atoms with Gasteiger partial charge >= 0.3 is 6.09 Å². The van der Waals surface area contributed by atoms with Gasteiger partial charge in [-0.25, -0.2) is 4.79 Å². The largest absolute Gasteiger partial charge is 0.442 e. The van der Waals surface area contributed by atoms with Gasteiger partial charge in [-0.2, -0.15) is 0 Å². The predicted molar refractivity (Wildman–Crippen MR) is 37.2 cm³/mol. The second kappa shape index (κ2) is 2.70. The molecule has 1 amide bonds. The molecule has 0 aromatic heterocycles. The van der Waals surface area contributed by atoms with Crippen molar-refractivity contribution in [2.24, 2.45) is 0 Å². The highest BCUT2D eigenvalue weighted by atomic mass is 16.6. The lowest BCUT2D eigenvalue weighted by molar-refractivity contribution is 0.0506. The van der Waals surface area contributed by atoms with Gasteiger partial charge in [0.1, 0.15) is 6.10 Å². The van der Waals surface area contributed by atoms with Gasteiger partial charge in [-0.15, -0.1) is 0 Å². The minimum absolute atomic E-state index is 0.0509. The van der Waals surface area contributed by atoms with Crippen molar-refractivity contribution >= 4 is 6.09 Å². The first kappa shape index (κ1) is 6.91. The molecule has 2 aliphatic rings. The number of nitrogens with one attached hydrogen (secondary N) is 1. The van der Waals surface area contributed by atoms with E-state index in [2.05, 4.69) is 5.32 Å². The SMILES string of the molecule is O=C1N[C@@H]2CCCOC[C@H]2O1. The highest BCUT2D eigenvalue weighted by molar-refractivity contribution is 5.70. The number of carbonyl (C=O) groups excluding carboxylic acids is 1. The van der Waals surface area contributed by atoms with Gasteiger partial charge in [-0.3, -0.25) is 0 Å². The molecule has 0 aliphatic carbocycles. The van der Waals surface area contributed by atoms with Crippen molar-refractivity contribution in [3.63, 3.8) is 0 Å². The molecule has 0 bridgehead atoms. The van der Waals surface area contributed by atoms with Crippen LogP contribution in [0.1, 0.15) is 12.8 Å². The Bertz CT molecular complexity index is 155. The van der Waals surface area contributed by atoms with Gasteiger partial charge in [-0.05, 0) is 12.8 Å². The number of ether oxygens (including phenoxy) is 2. The van der Waals surface area contributed by atoms with Crippen molar-refractivity contribution in [1.82, 2.24) is 5.32 Å².